The van der Waals surface area contributed by atoms with Gasteiger partial charge in [-0.2, -0.15) is 13.2 Å². The molecule has 1 aliphatic rings. The van der Waals surface area contributed by atoms with Crippen molar-refractivity contribution >= 4 is 5.91 Å². The van der Waals surface area contributed by atoms with Crippen LogP contribution in [0.2, 0.25) is 0 Å². The van der Waals surface area contributed by atoms with Crippen LogP contribution in [0.25, 0.3) is 0 Å². The molecule has 0 bridgehead atoms. The van der Waals surface area contributed by atoms with Crippen molar-refractivity contribution in [2.45, 2.75) is 45.1 Å². The number of rotatable bonds is 2. The Morgan fingerprint density at radius 1 is 1.25 bits per heavy atom. The van der Waals surface area contributed by atoms with Crippen LogP contribution in [0.1, 0.15) is 37.0 Å². The molecule has 2 N–H and O–H groups in total. The van der Waals surface area contributed by atoms with E-state index in [9.17, 15) is 18.0 Å². The predicted molar refractivity (Wildman–Crippen MR) is 68.6 cm³/mol. The van der Waals surface area contributed by atoms with Crippen LogP contribution in [-0.2, 0) is 24.1 Å². The first-order chi connectivity index (χ1) is 9.06. The largest absolute Gasteiger partial charge is 0.416 e. The van der Waals surface area contributed by atoms with Gasteiger partial charge in [-0.25, -0.2) is 0 Å². The lowest BCUT2D eigenvalue weighted by Crippen LogP contribution is -2.39. The number of nitrogens with two attached hydrogens (primary N) is 1. The molecular formula is C14H17F3N2O. The Balaban J connectivity index is 2.14. The van der Waals surface area contributed by atoms with E-state index in [2.05, 4.69) is 0 Å². The Morgan fingerprint density at radius 3 is 2.40 bits per heavy atom. The van der Waals surface area contributed by atoms with E-state index < -0.39 is 17.3 Å². The summed E-state index contributed by atoms with van der Waals surface area (Å²) in [6, 6.07) is 3.62. The smallest absolute Gasteiger partial charge is 0.334 e. The molecule has 1 amide bonds. The lowest BCUT2D eigenvalue weighted by atomic mass is 10.0. The fourth-order valence-corrected chi connectivity index (χ4v) is 2.25. The van der Waals surface area contributed by atoms with Gasteiger partial charge in [0.15, 0.2) is 0 Å². The molecule has 6 heteroatoms. The van der Waals surface area contributed by atoms with E-state index >= 15 is 0 Å². The van der Waals surface area contributed by atoms with E-state index in [0.29, 0.717) is 12.1 Å². The third-order valence-electron chi connectivity index (χ3n) is 3.22. The second-order valence-corrected chi connectivity index (χ2v) is 5.90. The first-order valence-corrected chi connectivity index (χ1v) is 6.32. The predicted octanol–water partition coefficient (Wildman–Crippen LogP) is 2.68. The highest BCUT2D eigenvalue weighted by Gasteiger charge is 2.33. The Morgan fingerprint density at radius 2 is 1.85 bits per heavy atom. The molecule has 0 saturated carbocycles. The number of fused-ring (bicyclic) bond motifs is 1. The van der Waals surface area contributed by atoms with Crippen LogP contribution >= 0.6 is 0 Å². The van der Waals surface area contributed by atoms with Gasteiger partial charge >= 0.3 is 6.18 Å². The standard InChI is InChI=1S/C14H17F3N2O/c1-13(2,18)6-12(20)19-7-9-3-4-11(14(15,16)17)5-10(9)8-19/h3-5H,6-8,18H2,1-2H3. The van der Waals surface area contributed by atoms with Gasteiger partial charge in [0.05, 0.1) is 5.56 Å². The fourth-order valence-electron chi connectivity index (χ4n) is 2.25. The number of benzene rings is 1. The molecule has 0 fully saturated rings. The number of carbonyl (C=O) groups is 1. The molecule has 1 heterocycles. The summed E-state index contributed by atoms with van der Waals surface area (Å²) in [6.07, 6.45) is -4.18. The molecule has 0 aromatic heterocycles. The number of nitrogens with zero attached hydrogens (tertiary/aromatic N) is 1. The van der Waals surface area contributed by atoms with Crippen molar-refractivity contribution < 1.29 is 18.0 Å². The Labute approximate surface area is 115 Å². The van der Waals surface area contributed by atoms with Gasteiger partial charge in [0.1, 0.15) is 0 Å². The van der Waals surface area contributed by atoms with E-state index in [1.165, 1.54) is 6.07 Å². The summed E-state index contributed by atoms with van der Waals surface area (Å²) in [4.78, 5) is 13.6. The molecule has 1 aromatic rings. The maximum absolute atomic E-state index is 12.6. The number of alkyl halides is 3. The second-order valence-electron chi connectivity index (χ2n) is 5.90. The first kappa shape index (κ1) is 14.8. The van der Waals surface area contributed by atoms with E-state index in [-0.39, 0.29) is 18.9 Å². The van der Waals surface area contributed by atoms with Crippen LogP contribution in [0.5, 0.6) is 0 Å². The maximum atomic E-state index is 12.6. The Bertz CT molecular complexity index is 532. The number of carbonyl (C=O) groups excluding carboxylic acids is 1. The van der Waals surface area contributed by atoms with E-state index in [0.717, 1.165) is 17.7 Å². The number of hydrogen-bond acceptors (Lipinski definition) is 2. The first-order valence-electron chi connectivity index (χ1n) is 6.32. The monoisotopic (exact) mass is 286 g/mol. The minimum Gasteiger partial charge on any atom is -0.334 e. The van der Waals surface area contributed by atoms with Crippen LogP contribution in [0.15, 0.2) is 18.2 Å². The summed E-state index contributed by atoms with van der Waals surface area (Å²) in [7, 11) is 0. The Kier molecular flexibility index (Phi) is 3.54. The van der Waals surface area contributed by atoms with Gasteiger partial charge in [-0.05, 0) is 37.1 Å². The van der Waals surface area contributed by atoms with E-state index in [1.54, 1.807) is 18.7 Å². The average Bonchev–Trinajstić information content (AvgIpc) is 2.67. The molecular weight excluding hydrogens is 269 g/mol. The molecule has 0 saturated heterocycles. The van der Waals surface area contributed by atoms with Crippen molar-refractivity contribution in [3.63, 3.8) is 0 Å². The lowest BCUT2D eigenvalue weighted by molar-refractivity contribution is -0.137. The van der Waals surface area contributed by atoms with Gasteiger partial charge in [0.25, 0.3) is 0 Å². The molecule has 110 valence electrons. The van der Waals surface area contributed by atoms with Gasteiger partial charge in [-0.3, -0.25) is 4.79 Å². The topological polar surface area (TPSA) is 46.3 Å². The molecule has 0 aliphatic carbocycles. The quantitative estimate of drug-likeness (QED) is 0.908. The molecule has 3 nitrogen and oxygen atoms in total. The zero-order valence-corrected chi connectivity index (χ0v) is 11.4. The summed E-state index contributed by atoms with van der Waals surface area (Å²) in [5.41, 5.74) is 5.82. The highest BCUT2D eigenvalue weighted by Crippen LogP contribution is 2.33. The van der Waals surface area contributed by atoms with Crippen molar-refractivity contribution in [2.75, 3.05) is 0 Å². The lowest BCUT2D eigenvalue weighted by Gasteiger charge is -2.22. The third kappa shape index (κ3) is 3.30. The summed E-state index contributed by atoms with van der Waals surface area (Å²) in [5.74, 6) is -0.137. The van der Waals surface area contributed by atoms with E-state index in [1.807, 2.05) is 0 Å². The average molecular weight is 286 g/mol. The molecule has 1 aromatic carbocycles. The Hall–Kier alpha value is -1.56. The molecule has 0 radical (unpaired) electrons. The minimum absolute atomic E-state index is 0.137. The van der Waals surface area contributed by atoms with Gasteiger partial charge in [-0.15, -0.1) is 0 Å². The van der Waals surface area contributed by atoms with Gasteiger partial charge < -0.3 is 10.6 Å². The normalized spacial score (nSPS) is 15.4. The van der Waals surface area contributed by atoms with Crippen molar-refractivity contribution in [1.29, 1.82) is 0 Å². The second kappa shape index (κ2) is 4.77. The summed E-state index contributed by atoms with van der Waals surface area (Å²) < 4.78 is 37.9. The minimum atomic E-state index is -4.36. The summed E-state index contributed by atoms with van der Waals surface area (Å²) >= 11 is 0. The SMILES string of the molecule is CC(C)(N)CC(=O)N1Cc2ccc(C(F)(F)F)cc2C1. The fraction of sp³-hybridized carbons (Fsp3) is 0.500. The molecule has 0 spiro atoms. The molecule has 1 aliphatic heterocycles. The van der Waals surface area contributed by atoms with Crippen LogP contribution in [0.3, 0.4) is 0 Å². The van der Waals surface area contributed by atoms with Crippen LogP contribution in [0, 0.1) is 0 Å². The highest BCUT2D eigenvalue weighted by molar-refractivity contribution is 5.78. The van der Waals surface area contributed by atoms with Gasteiger partial charge in [0.2, 0.25) is 5.91 Å². The summed E-state index contributed by atoms with van der Waals surface area (Å²) in [5, 5.41) is 0. The van der Waals surface area contributed by atoms with Crippen LogP contribution in [0.4, 0.5) is 13.2 Å². The van der Waals surface area contributed by atoms with Crippen molar-refractivity contribution in [2.24, 2.45) is 5.73 Å². The van der Waals surface area contributed by atoms with Gasteiger partial charge in [0, 0.05) is 25.0 Å². The number of hydrogen-bond donors (Lipinski definition) is 1. The van der Waals surface area contributed by atoms with Crippen LogP contribution in [-0.4, -0.2) is 16.3 Å². The van der Waals surface area contributed by atoms with Crippen molar-refractivity contribution in [3.8, 4) is 0 Å². The molecule has 20 heavy (non-hydrogen) atoms. The molecule has 0 atom stereocenters. The van der Waals surface area contributed by atoms with Crippen molar-refractivity contribution in [3.05, 3.63) is 34.9 Å². The van der Waals surface area contributed by atoms with E-state index in [4.69, 9.17) is 5.73 Å². The van der Waals surface area contributed by atoms with Gasteiger partial charge in [-0.1, -0.05) is 6.07 Å². The molecule has 2 rings (SSSR count). The highest BCUT2D eigenvalue weighted by atomic mass is 19.4. The summed E-state index contributed by atoms with van der Waals surface area (Å²) in [6.45, 7) is 4.06. The zero-order chi connectivity index (χ0) is 15.1. The van der Waals surface area contributed by atoms with Crippen LogP contribution < -0.4 is 5.73 Å². The maximum Gasteiger partial charge on any atom is 0.416 e. The third-order valence-corrected chi connectivity index (χ3v) is 3.22. The zero-order valence-electron chi connectivity index (χ0n) is 11.4. The number of halogens is 3. The van der Waals surface area contributed by atoms with Crippen molar-refractivity contribution in [1.82, 2.24) is 4.90 Å². The number of amides is 1. The molecule has 0 unspecified atom stereocenters.